The topological polar surface area (TPSA) is 85.7 Å². The quantitative estimate of drug-likeness (QED) is 0.747. The van der Waals surface area contributed by atoms with E-state index in [1.54, 1.807) is 23.4 Å². The molecule has 0 bridgehead atoms. The summed E-state index contributed by atoms with van der Waals surface area (Å²) < 4.78 is 26.7. The lowest BCUT2D eigenvalue weighted by molar-refractivity contribution is -0.126. The molecule has 4 heterocycles. The van der Waals surface area contributed by atoms with E-state index >= 15 is 0 Å². The predicted molar refractivity (Wildman–Crippen MR) is 117 cm³/mol. The molecular weight excluding hydrogens is 427 g/mol. The van der Waals surface area contributed by atoms with Crippen molar-refractivity contribution >= 4 is 11.8 Å². The highest BCUT2D eigenvalue weighted by Crippen LogP contribution is 2.29. The van der Waals surface area contributed by atoms with Crippen molar-refractivity contribution in [3.8, 4) is 0 Å². The number of imidazole rings is 1. The van der Waals surface area contributed by atoms with Gasteiger partial charge in [-0.25, -0.2) is 9.37 Å². The molecule has 2 atom stereocenters. The van der Waals surface area contributed by atoms with E-state index in [4.69, 9.17) is 9.47 Å². The number of benzene rings is 1. The SMILES string of the molecule is O=C(NCC1CCCO1)C1CCN(C(=O)c2ncn3c2COC(c2ccc(F)cc2)C3)CC1. The van der Waals surface area contributed by atoms with Gasteiger partial charge in [0.25, 0.3) is 5.91 Å². The highest BCUT2D eigenvalue weighted by atomic mass is 19.1. The van der Waals surface area contributed by atoms with Crippen molar-refractivity contribution in [1.82, 2.24) is 19.8 Å². The molecule has 2 aromatic rings. The predicted octanol–water partition coefficient (Wildman–Crippen LogP) is 2.44. The van der Waals surface area contributed by atoms with Crippen LogP contribution in [0.4, 0.5) is 4.39 Å². The molecule has 2 saturated heterocycles. The van der Waals surface area contributed by atoms with Crippen LogP contribution in [-0.4, -0.2) is 58.6 Å². The van der Waals surface area contributed by atoms with E-state index in [1.165, 1.54) is 12.1 Å². The van der Waals surface area contributed by atoms with Gasteiger partial charge in [-0.05, 0) is 43.4 Å². The summed E-state index contributed by atoms with van der Waals surface area (Å²) in [7, 11) is 0. The van der Waals surface area contributed by atoms with Gasteiger partial charge in [-0.1, -0.05) is 12.1 Å². The van der Waals surface area contributed by atoms with Crippen LogP contribution in [0.15, 0.2) is 30.6 Å². The molecule has 1 N–H and O–H groups in total. The molecule has 0 spiro atoms. The van der Waals surface area contributed by atoms with E-state index in [0.717, 1.165) is 30.7 Å². The smallest absolute Gasteiger partial charge is 0.274 e. The summed E-state index contributed by atoms with van der Waals surface area (Å²) in [6.07, 6.45) is 4.93. The van der Waals surface area contributed by atoms with Crippen LogP contribution in [0.25, 0.3) is 0 Å². The second kappa shape index (κ2) is 9.61. The van der Waals surface area contributed by atoms with Gasteiger partial charge >= 0.3 is 0 Å². The number of aromatic nitrogens is 2. The van der Waals surface area contributed by atoms with Crippen molar-refractivity contribution in [2.24, 2.45) is 5.92 Å². The Morgan fingerprint density at radius 3 is 2.64 bits per heavy atom. The number of hydrogen-bond donors (Lipinski definition) is 1. The molecule has 2 fully saturated rings. The van der Waals surface area contributed by atoms with Crippen molar-refractivity contribution < 1.29 is 23.5 Å². The van der Waals surface area contributed by atoms with Gasteiger partial charge in [0.15, 0.2) is 5.69 Å². The molecule has 3 aliphatic rings. The van der Waals surface area contributed by atoms with Gasteiger partial charge in [-0.15, -0.1) is 0 Å². The molecular formula is C24H29FN4O4. The van der Waals surface area contributed by atoms with Gasteiger partial charge in [0, 0.05) is 32.2 Å². The van der Waals surface area contributed by atoms with E-state index in [1.807, 2.05) is 4.57 Å². The molecule has 0 radical (unpaired) electrons. The standard InChI is InChI=1S/C24H29FN4O4/c25-18-5-3-16(4-6-18)21-13-29-15-27-22(20(29)14-33-21)24(31)28-9-7-17(8-10-28)23(30)26-12-19-2-1-11-32-19/h3-6,15,17,19,21H,1-2,7-14H2,(H,26,30). The van der Waals surface area contributed by atoms with Crippen molar-refractivity contribution in [3.05, 3.63) is 53.4 Å². The van der Waals surface area contributed by atoms with Crippen LogP contribution in [0.3, 0.4) is 0 Å². The first-order valence-corrected chi connectivity index (χ1v) is 11.7. The molecule has 3 aliphatic heterocycles. The van der Waals surface area contributed by atoms with Crippen molar-refractivity contribution in [1.29, 1.82) is 0 Å². The lowest BCUT2D eigenvalue weighted by Gasteiger charge is -2.32. The largest absolute Gasteiger partial charge is 0.376 e. The van der Waals surface area contributed by atoms with E-state index in [9.17, 15) is 14.0 Å². The van der Waals surface area contributed by atoms with Gasteiger partial charge in [0.2, 0.25) is 5.91 Å². The molecule has 5 rings (SSSR count). The molecule has 2 amide bonds. The summed E-state index contributed by atoms with van der Waals surface area (Å²) in [5, 5.41) is 3.01. The Balaban J connectivity index is 1.15. The average Bonchev–Trinajstić information content (AvgIpc) is 3.52. The molecule has 1 aromatic carbocycles. The van der Waals surface area contributed by atoms with E-state index < -0.39 is 0 Å². The average molecular weight is 457 g/mol. The maximum atomic E-state index is 13.2. The third-order valence-electron chi connectivity index (χ3n) is 6.86. The third-order valence-corrected chi connectivity index (χ3v) is 6.86. The second-order valence-electron chi connectivity index (χ2n) is 8.99. The number of carbonyl (C=O) groups is 2. The number of fused-ring (bicyclic) bond motifs is 1. The number of likely N-dealkylation sites (tertiary alicyclic amines) is 1. The molecule has 176 valence electrons. The Hall–Kier alpha value is -2.78. The Morgan fingerprint density at radius 2 is 1.91 bits per heavy atom. The van der Waals surface area contributed by atoms with Crippen LogP contribution in [-0.2, 0) is 27.4 Å². The molecule has 2 unspecified atom stereocenters. The molecule has 0 saturated carbocycles. The molecule has 33 heavy (non-hydrogen) atoms. The first kappa shape index (κ1) is 22.0. The molecule has 0 aliphatic carbocycles. The van der Waals surface area contributed by atoms with Crippen molar-refractivity contribution in [2.75, 3.05) is 26.2 Å². The highest BCUT2D eigenvalue weighted by Gasteiger charge is 2.32. The van der Waals surface area contributed by atoms with Crippen LogP contribution in [0.1, 0.15) is 53.5 Å². The van der Waals surface area contributed by atoms with Gasteiger partial charge in [-0.2, -0.15) is 0 Å². The number of ether oxygens (including phenoxy) is 2. The summed E-state index contributed by atoms with van der Waals surface area (Å²) in [6, 6.07) is 6.27. The Labute approximate surface area is 192 Å². The molecule has 1 aromatic heterocycles. The normalized spacial score (nSPS) is 23.4. The van der Waals surface area contributed by atoms with Crippen LogP contribution in [0.5, 0.6) is 0 Å². The number of nitrogens with one attached hydrogen (secondary N) is 1. The highest BCUT2D eigenvalue weighted by molar-refractivity contribution is 5.93. The fourth-order valence-corrected chi connectivity index (χ4v) is 4.84. The first-order valence-electron chi connectivity index (χ1n) is 11.7. The first-order chi connectivity index (χ1) is 16.1. The summed E-state index contributed by atoms with van der Waals surface area (Å²) in [5.41, 5.74) is 2.06. The summed E-state index contributed by atoms with van der Waals surface area (Å²) in [5.74, 6) is -0.427. The van der Waals surface area contributed by atoms with Crippen LogP contribution < -0.4 is 5.32 Å². The number of piperidine rings is 1. The van der Waals surface area contributed by atoms with Crippen LogP contribution in [0.2, 0.25) is 0 Å². The minimum atomic E-state index is -0.283. The van der Waals surface area contributed by atoms with Gasteiger partial charge in [0.1, 0.15) is 11.9 Å². The maximum absolute atomic E-state index is 13.2. The fraction of sp³-hybridized carbons (Fsp3) is 0.542. The summed E-state index contributed by atoms with van der Waals surface area (Å²) in [4.78, 5) is 31.8. The second-order valence-corrected chi connectivity index (χ2v) is 8.99. The monoisotopic (exact) mass is 456 g/mol. The number of amides is 2. The molecule has 9 heteroatoms. The maximum Gasteiger partial charge on any atom is 0.274 e. The minimum absolute atomic E-state index is 0.0530. The lowest BCUT2D eigenvalue weighted by atomic mass is 9.95. The van der Waals surface area contributed by atoms with E-state index in [2.05, 4.69) is 10.3 Å². The van der Waals surface area contributed by atoms with Crippen molar-refractivity contribution in [2.45, 2.75) is 51.0 Å². The zero-order chi connectivity index (χ0) is 22.8. The minimum Gasteiger partial charge on any atom is -0.376 e. The van der Waals surface area contributed by atoms with Crippen LogP contribution in [0, 0.1) is 11.7 Å². The van der Waals surface area contributed by atoms with E-state index in [-0.39, 0.29) is 42.4 Å². The Bertz CT molecular complexity index is 994. The van der Waals surface area contributed by atoms with Crippen molar-refractivity contribution in [3.63, 3.8) is 0 Å². The zero-order valence-electron chi connectivity index (χ0n) is 18.5. The number of hydrogen-bond acceptors (Lipinski definition) is 5. The number of rotatable bonds is 5. The van der Waals surface area contributed by atoms with E-state index in [0.29, 0.717) is 44.7 Å². The van der Waals surface area contributed by atoms with Gasteiger partial charge in [-0.3, -0.25) is 9.59 Å². The summed E-state index contributed by atoms with van der Waals surface area (Å²) >= 11 is 0. The number of nitrogens with zero attached hydrogens (tertiary/aromatic N) is 3. The van der Waals surface area contributed by atoms with Crippen LogP contribution >= 0.6 is 0 Å². The van der Waals surface area contributed by atoms with Gasteiger partial charge in [0.05, 0.1) is 31.3 Å². The fourth-order valence-electron chi connectivity index (χ4n) is 4.84. The number of carbonyl (C=O) groups excluding carboxylic acids is 2. The third kappa shape index (κ3) is 4.79. The Morgan fingerprint density at radius 1 is 1.12 bits per heavy atom. The lowest BCUT2D eigenvalue weighted by Crippen LogP contribution is -2.44. The number of halogens is 1. The summed E-state index contributed by atoms with van der Waals surface area (Å²) in [6.45, 7) is 3.19. The molecule has 8 nitrogen and oxygen atoms in total. The zero-order valence-corrected chi connectivity index (χ0v) is 18.5. The van der Waals surface area contributed by atoms with Gasteiger partial charge < -0.3 is 24.3 Å². The Kier molecular flexibility index (Phi) is 6.41.